The van der Waals surface area contributed by atoms with Gasteiger partial charge < -0.3 is 10.2 Å². The Morgan fingerprint density at radius 2 is 1.86 bits per heavy atom. The SMILES string of the molecule is CC(C)Cc1ccc(C(=O)NCC2CCN(C)CC2)cc1. The first-order valence-corrected chi connectivity index (χ1v) is 8.10. The fourth-order valence-electron chi connectivity index (χ4n) is 2.87. The molecule has 0 aliphatic carbocycles. The van der Waals surface area contributed by atoms with E-state index < -0.39 is 0 Å². The lowest BCUT2D eigenvalue weighted by atomic mass is 9.97. The Morgan fingerprint density at radius 3 is 2.43 bits per heavy atom. The second-order valence-corrected chi connectivity index (χ2v) is 6.75. The van der Waals surface area contributed by atoms with E-state index in [0.717, 1.165) is 31.6 Å². The Hall–Kier alpha value is -1.35. The van der Waals surface area contributed by atoms with E-state index in [1.54, 1.807) is 0 Å². The predicted molar refractivity (Wildman–Crippen MR) is 87.5 cm³/mol. The van der Waals surface area contributed by atoms with Crippen molar-refractivity contribution in [2.24, 2.45) is 11.8 Å². The first-order valence-electron chi connectivity index (χ1n) is 8.10. The molecule has 1 aliphatic rings. The summed E-state index contributed by atoms with van der Waals surface area (Å²) in [5.41, 5.74) is 2.08. The number of hydrogen-bond acceptors (Lipinski definition) is 2. The van der Waals surface area contributed by atoms with Crippen LogP contribution >= 0.6 is 0 Å². The van der Waals surface area contributed by atoms with Gasteiger partial charge in [-0.15, -0.1) is 0 Å². The van der Waals surface area contributed by atoms with Gasteiger partial charge in [0.05, 0.1) is 0 Å². The van der Waals surface area contributed by atoms with Crippen LogP contribution in [-0.2, 0) is 6.42 Å². The number of piperidine rings is 1. The highest BCUT2D eigenvalue weighted by molar-refractivity contribution is 5.94. The molecule has 0 spiro atoms. The summed E-state index contributed by atoms with van der Waals surface area (Å²) in [5, 5.41) is 3.09. The summed E-state index contributed by atoms with van der Waals surface area (Å²) < 4.78 is 0. The molecule has 1 saturated heterocycles. The van der Waals surface area contributed by atoms with E-state index in [4.69, 9.17) is 0 Å². The topological polar surface area (TPSA) is 32.3 Å². The van der Waals surface area contributed by atoms with E-state index in [1.807, 2.05) is 12.1 Å². The van der Waals surface area contributed by atoms with Crippen LogP contribution in [-0.4, -0.2) is 37.5 Å². The summed E-state index contributed by atoms with van der Waals surface area (Å²) in [6.07, 6.45) is 3.44. The molecule has 0 bridgehead atoms. The van der Waals surface area contributed by atoms with Gasteiger partial charge in [0.15, 0.2) is 0 Å². The van der Waals surface area contributed by atoms with Crippen molar-refractivity contribution < 1.29 is 4.79 Å². The van der Waals surface area contributed by atoms with Crippen molar-refractivity contribution in [3.05, 3.63) is 35.4 Å². The van der Waals surface area contributed by atoms with Gasteiger partial charge in [0, 0.05) is 12.1 Å². The molecule has 0 radical (unpaired) electrons. The number of nitrogens with zero attached hydrogens (tertiary/aromatic N) is 1. The van der Waals surface area contributed by atoms with E-state index in [-0.39, 0.29) is 5.91 Å². The van der Waals surface area contributed by atoms with Gasteiger partial charge >= 0.3 is 0 Å². The Labute approximate surface area is 128 Å². The van der Waals surface area contributed by atoms with Crippen LogP contribution in [0, 0.1) is 11.8 Å². The van der Waals surface area contributed by atoms with Crippen molar-refractivity contribution in [1.82, 2.24) is 10.2 Å². The Balaban J connectivity index is 1.80. The molecule has 1 aliphatic heterocycles. The molecule has 116 valence electrons. The molecule has 0 unspecified atom stereocenters. The monoisotopic (exact) mass is 288 g/mol. The molecule has 0 saturated carbocycles. The van der Waals surface area contributed by atoms with Crippen molar-refractivity contribution >= 4 is 5.91 Å². The number of carbonyl (C=O) groups is 1. The van der Waals surface area contributed by atoms with Gasteiger partial charge in [-0.25, -0.2) is 0 Å². The molecule has 1 heterocycles. The molecule has 21 heavy (non-hydrogen) atoms. The summed E-state index contributed by atoms with van der Waals surface area (Å²) in [6.45, 7) is 7.51. The van der Waals surface area contributed by atoms with Crippen molar-refractivity contribution in [2.75, 3.05) is 26.7 Å². The van der Waals surface area contributed by atoms with Crippen LogP contribution in [0.25, 0.3) is 0 Å². The van der Waals surface area contributed by atoms with Crippen molar-refractivity contribution in [3.8, 4) is 0 Å². The number of hydrogen-bond donors (Lipinski definition) is 1. The zero-order valence-electron chi connectivity index (χ0n) is 13.6. The number of benzene rings is 1. The maximum Gasteiger partial charge on any atom is 0.251 e. The van der Waals surface area contributed by atoms with Gasteiger partial charge in [0.2, 0.25) is 0 Å². The van der Waals surface area contributed by atoms with E-state index in [2.05, 4.69) is 43.2 Å². The minimum atomic E-state index is 0.0602. The van der Waals surface area contributed by atoms with Crippen LogP contribution in [0.4, 0.5) is 0 Å². The summed E-state index contributed by atoms with van der Waals surface area (Å²) in [5.74, 6) is 1.34. The Bertz CT molecular complexity index is 445. The molecule has 3 nitrogen and oxygen atoms in total. The van der Waals surface area contributed by atoms with Crippen LogP contribution in [0.15, 0.2) is 24.3 Å². The van der Waals surface area contributed by atoms with Gasteiger partial charge in [-0.3, -0.25) is 4.79 Å². The first kappa shape index (κ1) is 16.0. The third-order valence-corrected chi connectivity index (χ3v) is 4.25. The average Bonchev–Trinajstić information content (AvgIpc) is 2.46. The lowest BCUT2D eigenvalue weighted by Gasteiger charge is -2.28. The van der Waals surface area contributed by atoms with Crippen molar-refractivity contribution in [3.63, 3.8) is 0 Å². The van der Waals surface area contributed by atoms with Crippen molar-refractivity contribution in [1.29, 1.82) is 0 Å². The zero-order chi connectivity index (χ0) is 15.2. The summed E-state index contributed by atoms with van der Waals surface area (Å²) in [4.78, 5) is 14.5. The fraction of sp³-hybridized carbons (Fsp3) is 0.611. The summed E-state index contributed by atoms with van der Waals surface area (Å²) >= 11 is 0. The summed E-state index contributed by atoms with van der Waals surface area (Å²) in [7, 11) is 2.16. The van der Waals surface area contributed by atoms with Gasteiger partial charge in [-0.1, -0.05) is 26.0 Å². The van der Waals surface area contributed by atoms with Crippen LogP contribution in [0.2, 0.25) is 0 Å². The standard InChI is InChI=1S/C18H28N2O/c1-14(2)12-15-4-6-17(7-5-15)18(21)19-13-16-8-10-20(3)11-9-16/h4-7,14,16H,8-13H2,1-3H3,(H,19,21). The highest BCUT2D eigenvalue weighted by atomic mass is 16.1. The maximum absolute atomic E-state index is 12.2. The zero-order valence-corrected chi connectivity index (χ0v) is 13.6. The van der Waals surface area contributed by atoms with Gasteiger partial charge in [-0.2, -0.15) is 0 Å². The normalized spacial score (nSPS) is 17.1. The smallest absolute Gasteiger partial charge is 0.251 e. The molecule has 1 amide bonds. The van der Waals surface area contributed by atoms with Gasteiger partial charge in [0.1, 0.15) is 0 Å². The van der Waals surface area contributed by atoms with Crippen LogP contribution in [0.3, 0.4) is 0 Å². The lowest BCUT2D eigenvalue weighted by Crippen LogP contribution is -2.36. The highest BCUT2D eigenvalue weighted by Gasteiger charge is 2.17. The van der Waals surface area contributed by atoms with Gasteiger partial charge in [0.25, 0.3) is 5.91 Å². The molecule has 1 aromatic carbocycles. The van der Waals surface area contributed by atoms with E-state index in [1.165, 1.54) is 18.4 Å². The molecule has 1 N–H and O–H groups in total. The van der Waals surface area contributed by atoms with Crippen LogP contribution < -0.4 is 5.32 Å². The van der Waals surface area contributed by atoms with Crippen LogP contribution in [0.1, 0.15) is 42.6 Å². The molecular formula is C18H28N2O. The molecule has 2 rings (SSSR count). The van der Waals surface area contributed by atoms with Gasteiger partial charge in [-0.05, 0) is 68.9 Å². The number of carbonyl (C=O) groups excluding carboxylic acids is 1. The quantitative estimate of drug-likeness (QED) is 0.903. The molecule has 3 heteroatoms. The van der Waals surface area contributed by atoms with E-state index in [9.17, 15) is 4.79 Å². The fourth-order valence-corrected chi connectivity index (χ4v) is 2.87. The third kappa shape index (κ3) is 5.16. The number of amides is 1. The number of nitrogens with one attached hydrogen (secondary N) is 1. The first-order chi connectivity index (χ1) is 10.0. The molecule has 0 aromatic heterocycles. The average molecular weight is 288 g/mol. The second-order valence-electron chi connectivity index (χ2n) is 6.75. The molecule has 0 atom stereocenters. The number of rotatable bonds is 5. The van der Waals surface area contributed by atoms with E-state index >= 15 is 0 Å². The second kappa shape index (κ2) is 7.60. The molecular weight excluding hydrogens is 260 g/mol. The lowest BCUT2D eigenvalue weighted by molar-refractivity contribution is 0.0939. The van der Waals surface area contributed by atoms with Crippen molar-refractivity contribution in [2.45, 2.75) is 33.1 Å². The minimum absolute atomic E-state index is 0.0602. The Morgan fingerprint density at radius 1 is 1.24 bits per heavy atom. The highest BCUT2D eigenvalue weighted by Crippen LogP contribution is 2.15. The maximum atomic E-state index is 12.2. The summed E-state index contributed by atoms with van der Waals surface area (Å²) in [6, 6.07) is 8.04. The predicted octanol–water partition coefficient (Wildman–Crippen LogP) is 2.96. The number of likely N-dealkylation sites (tertiary alicyclic amines) is 1. The van der Waals surface area contributed by atoms with E-state index in [0.29, 0.717) is 11.8 Å². The third-order valence-electron chi connectivity index (χ3n) is 4.25. The molecule has 1 aromatic rings. The minimum Gasteiger partial charge on any atom is -0.352 e. The Kier molecular flexibility index (Phi) is 5.80. The largest absolute Gasteiger partial charge is 0.352 e. The van der Waals surface area contributed by atoms with Crippen LogP contribution in [0.5, 0.6) is 0 Å². The molecule has 1 fully saturated rings.